The zero-order chi connectivity index (χ0) is 14.8. The Hall–Kier alpha value is -2.11. The van der Waals surface area contributed by atoms with Crippen molar-refractivity contribution in [3.8, 4) is 0 Å². The van der Waals surface area contributed by atoms with Gasteiger partial charge >= 0.3 is 0 Å². The van der Waals surface area contributed by atoms with Crippen LogP contribution >= 0.6 is 0 Å². The van der Waals surface area contributed by atoms with Crippen molar-refractivity contribution >= 4 is 17.3 Å². The van der Waals surface area contributed by atoms with Gasteiger partial charge in [-0.05, 0) is 37.8 Å². The van der Waals surface area contributed by atoms with E-state index in [-0.39, 0.29) is 17.6 Å². The minimum Gasteiger partial charge on any atom is -0.377 e. The molecule has 1 amide bonds. The quantitative estimate of drug-likeness (QED) is 0.645. The summed E-state index contributed by atoms with van der Waals surface area (Å²) in [6.45, 7) is 0. The fourth-order valence-electron chi connectivity index (χ4n) is 2.73. The lowest BCUT2D eigenvalue weighted by Gasteiger charge is -2.14. The number of hydrogen-bond acceptors (Lipinski definition) is 4. The predicted molar refractivity (Wildman–Crippen MR) is 79.5 cm³/mol. The summed E-state index contributed by atoms with van der Waals surface area (Å²) in [4.78, 5) is 22.8. The van der Waals surface area contributed by atoms with Crippen LogP contribution in [0.3, 0.4) is 0 Å². The molecule has 0 heterocycles. The molecule has 0 bridgehead atoms. The number of benzene rings is 1. The number of carbonyl (C=O) groups excluding carboxylic acids is 1. The normalized spacial score (nSPS) is 18.5. The lowest BCUT2D eigenvalue weighted by atomic mass is 10.1. The van der Waals surface area contributed by atoms with E-state index in [1.165, 1.54) is 6.07 Å². The summed E-state index contributed by atoms with van der Waals surface area (Å²) in [5, 5.41) is 17.3. The van der Waals surface area contributed by atoms with Crippen molar-refractivity contribution in [2.75, 3.05) is 5.32 Å². The van der Waals surface area contributed by atoms with Crippen LogP contribution in [0.15, 0.2) is 18.2 Å². The summed E-state index contributed by atoms with van der Waals surface area (Å²) in [7, 11) is 0. The van der Waals surface area contributed by atoms with Crippen molar-refractivity contribution in [2.45, 2.75) is 50.6 Å². The predicted octanol–water partition coefficient (Wildman–Crippen LogP) is 2.84. The Labute approximate surface area is 123 Å². The van der Waals surface area contributed by atoms with Crippen molar-refractivity contribution in [3.63, 3.8) is 0 Å². The number of hydrogen-bond donors (Lipinski definition) is 2. The third-order valence-corrected chi connectivity index (χ3v) is 4.08. The zero-order valence-electron chi connectivity index (χ0n) is 11.8. The zero-order valence-corrected chi connectivity index (χ0v) is 11.8. The average Bonchev–Trinajstić information content (AvgIpc) is 3.12. The highest BCUT2D eigenvalue weighted by atomic mass is 16.6. The van der Waals surface area contributed by atoms with E-state index in [2.05, 4.69) is 10.6 Å². The second-order valence-electron chi connectivity index (χ2n) is 5.86. The van der Waals surface area contributed by atoms with E-state index in [1.807, 2.05) is 0 Å². The molecule has 2 aliphatic rings. The van der Waals surface area contributed by atoms with E-state index in [0.29, 0.717) is 17.3 Å². The molecule has 0 spiro atoms. The van der Waals surface area contributed by atoms with Crippen molar-refractivity contribution in [3.05, 3.63) is 33.9 Å². The molecule has 21 heavy (non-hydrogen) atoms. The van der Waals surface area contributed by atoms with Crippen LogP contribution in [-0.2, 0) is 0 Å². The first-order valence-corrected chi connectivity index (χ1v) is 7.49. The molecule has 6 heteroatoms. The maximum Gasteiger partial charge on any atom is 0.293 e. The molecule has 0 radical (unpaired) electrons. The first-order valence-electron chi connectivity index (χ1n) is 7.49. The van der Waals surface area contributed by atoms with Crippen LogP contribution in [0, 0.1) is 10.1 Å². The van der Waals surface area contributed by atoms with Crippen molar-refractivity contribution in [1.29, 1.82) is 0 Å². The first-order chi connectivity index (χ1) is 10.1. The lowest BCUT2D eigenvalue weighted by Crippen LogP contribution is -2.25. The van der Waals surface area contributed by atoms with Crippen molar-refractivity contribution < 1.29 is 9.72 Å². The molecule has 0 saturated heterocycles. The number of carbonyl (C=O) groups is 1. The van der Waals surface area contributed by atoms with Crippen LogP contribution in [0.1, 0.15) is 48.9 Å². The first kappa shape index (κ1) is 13.9. The maximum atomic E-state index is 12.0. The highest BCUT2D eigenvalue weighted by Crippen LogP contribution is 2.30. The van der Waals surface area contributed by atoms with Gasteiger partial charge in [-0.1, -0.05) is 12.8 Å². The molecule has 112 valence electrons. The Morgan fingerprint density at radius 2 is 1.86 bits per heavy atom. The second-order valence-corrected chi connectivity index (χ2v) is 5.86. The van der Waals surface area contributed by atoms with Gasteiger partial charge in [-0.25, -0.2) is 0 Å². The second kappa shape index (κ2) is 5.71. The molecule has 3 rings (SSSR count). The molecule has 1 aromatic carbocycles. The number of anilines is 1. The van der Waals surface area contributed by atoms with E-state index in [0.717, 1.165) is 38.5 Å². The molecule has 0 aliphatic heterocycles. The fourth-order valence-corrected chi connectivity index (χ4v) is 2.73. The molecule has 1 aromatic rings. The maximum absolute atomic E-state index is 12.0. The van der Waals surface area contributed by atoms with Crippen molar-refractivity contribution in [1.82, 2.24) is 5.32 Å². The van der Waals surface area contributed by atoms with Gasteiger partial charge in [0.05, 0.1) is 4.92 Å². The summed E-state index contributed by atoms with van der Waals surface area (Å²) >= 11 is 0. The molecule has 0 unspecified atom stereocenters. The fraction of sp³-hybridized carbons (Fsp3) is 0.533. The van der Waals surface area contributed by atoms with Crippen LogP contribution in [0.4, 0.5) is 11.4 Å². The Morgan fingerprint density at radius 3 is 2.48 bits per heavy atom. The van der Waals surface area contributed by atoms with Crippen LogP contribution in [-0.4, -0.2) is 22.9 Å². The Bertz CT molecular complexity index is 563. The van der Waals surface area contributed by atoms with Crippen LogP contribution in [0.2, 0.25) is 0 Å². The van der Waals surface area contributed by atoms with Crippen LogP contribution < -0.4 is 10.6 Å². The molecular formula is C15H19N3O3. The highest BCUT2D eigenvalue weighted by Gasteiger charge is 2.26. The van der Waals surface area contributed by atoms with Crippen molar-refractivity contribution in [2.24, 2.45) is 0 Å². The monoisotopic (exact) mass is 289 g/mol. The van der Waals surface area contributed by atoms with Gasteiger partial charge in [0, 0.05) is 23.7 Å². The van der Waals surface area contributed by atoms with Gasteiger partial charge in [-0.3, -0.25) is 14.9 Å². The smallest absolute Gasteiger partial charge is 0.293 e. The molecule has 2 N–H and O–H groups in total. The number of amides is 1. The number of rotatable bonds is 5. The number of nitro benzene ring substituents is 1. The largest absolute Gasteiger partial charge is 0.377 e. The molecule has 0 atom stereocenters. The number of nitrogens with zero attached hydrogens (tertiary/aromatic N) is 1. The van der Waals surface area contributed by atoms with Gasteiger partial charge in [-0.15, -0.1) is 0 Å². The Balaban J connectivity index is 1.79. The summed E-state index contributed by atoms with van der Waals surface area (Å²) in [5.74, 6) is -0.229. The van der Waals surface area contributed by atoms with Crippen LogP contribution in [0.5, 0.6) is 0 Å². The Morgan fingerprint density at radius 1 is 1.14 bits per heavy atom. The highest BCUT2D eigenvalue weighted by molar-refractivity contribution is 5.96. The summed E-state index contributed by atoms with van der Waals surface area (Å²) in [5.41, 5.74) is 0.839. The molecule has 6 nitrogen and oxygen atoms in total. The topological polar surface area (TPSA) is 84.3 Å². The summed E-state index contributed by atoms with van der Waals surface area (Å²) in [6.07, 6.45) is 6.40. The molecule has 2 saturated carbocycles. The summed E-state index contributed by atoms with van der Waals surface area (Å²) < 4.78 is 0. The minimum atomic E-state index is -0.425. The van der Waals surface area contributed by atoms with Gasteiger partial charge in [0.15, 0.2) is 0 Å². The van der Waals surface area contributed by atoms with Gasteiger partial charge in [-0.2, -0.15) is 0 Å². The standard InChI is InChI=1S/C15H19N3O3/c19-15(17-12-6-7-12)10-5-8-13(14(9-10)18(20)21)16-11-3-1-2-4-11/h5,8-9,11-12,16H,1-4,6-7H2,(H,17,19). The lowest BCUT2D eigenvalue weighted by molar-refractivity contribution is -0.384. The van der Waals surface area contributed by atoms with E-state index in [4.69, 9.17) is 0 Å². The van der Waals surface area contributed by atoms with E-state index >= 15 is 0 Å². The SMILES string of the molecule is O=C(NC1CC1)c1ccc(NC2CCCC2)c([N+](=O)[O-])c1. The van der Waals surface area contributed by atoms with Gasteiger partial charge < -0.3 is 10.6 Å². The van der Waals surface area contributed by atoms with Crippen LogP contribution in [0.25, 0.3) is 0 Å². The van der Waals surface area contributed by atoms with Gasteiger partial charge in [0.1, 0.15) is 5.69 Å². The Kier molecular flexibility index (Phi) is 3.77. The van der Waals surface area contributed by atoms with E-state index in [9.17, 15) is 14.9 Å². The summed E-state index contributed by atoms with van der Waals surface area (Å²) in [6, 6.07) is 5.22. The van der Waals surface area contributed by atoms with Gasteiger partial charge in [0.25, 0.3) is 11.6 Å². The molecule has 0 aromatic heterocycles. The van der Waals surface area contributed by atoms with E-state index < -0.39 is 4.92 Å². The minimum absolute atomic E-state index is 0.0228. The molecular weight excluding hydrogens is 270 g/mol. The molecule has 2 aliphatic carbocycles. The van der Waals surface area contributed by atoms with Gasteiger partial charge in [0.2, 0.25) is 0 Å². The third-order valence-electron chi connectivity index (χ3n) is 4.08. The number of nitrogens with one attached hydrogen (secondary N) is 2. The van der Waals surface area contributed by atoms with E-state index in [1.54, 1.807) is 12.1 Å². The third kappa shape index (κ3) is 3.32. The molecule has 2 fully saturated rings. The number of nitro groups is 1. The average molecular weight is 289 g/mol.